The van der Waals surface area contributed by atoms with E-state index in [9.17, 15) is 9.59 Å². The molecule has 1 aromatic rings. The molecule has 0 aliphatic heterocycles. The standard InChI is InChI=1S/C13H22N4O2/c1-5-6-14-11(18)9-17-8-10(7-15-17)16-12(19)13(2,3)4/h7-8H,5-6,9H2,1-4H3,(H,14,18)(H,16,19). The fraction of sp³-hybridized carbons (Fsp3) is 0.615. The molecule has 0 saturated carbocycles. The summed E-state index contributed by atoms with van der Waals surface area (Å²) >= 11 is 0. The van der Waals surface area contributed by atoms with E-state index in [2.05, 4.69) is 15.7 Å². The van der Waals surface area contributed by atoms with Crippen molar-refractivity contribution in [2.24, 2.45) is 5.41 Å². The Bertz CT molecular complexity index is 446. The van der Waals surface area contributed by atoms with E-state index in [-0.39, 0.29) is 18.4 Å². The molecular formula is C13H22N4O2. The number of anilines is 1. The van der Waals surface area contributed by atoms with E-state index < -0.39 is 5.41 Å². The van der Waals surface area contributed by atoms with Crippen molar-refractivity contribution in [1.29, 1.82) is 0 Å². The van der Waals surface area contributed by atoms with Gasteiger partial charge < -0.3 is 10.6 Å². The van der Waals surface area contributed by atoms with Crippen LogP contribution < -0.4 is 10.6 Å². The predicted octanol–water partition coefficient (Wildman–Crippen LogP) is 1.39. The van der Waals surface area contributed by atoms with Crippen molar-refractivity contribution < 1.29 is 9.59 Å². The topological polar surface area (TPSA) is 76.0 Å². The minimum absolute atomic E-state index is 0.0810. The summed E-state index contributed by atoms with van der Waals surface area (Å²) in [6.45, 7) is 8.33. The molecule has 2 amide bonds. The molecule has 0 aromatic carbocycles. The zero-order chi connectivity index (χ0) is 14.5. The molecule has 1 heterocycles. The molecular weight excluding hydrogens is 244 g/mol. The largest absolute Gasteiger partial charge is 0.355 e. The zero-order valence-electron chi connectivity index (χ0n) is 12.0. The van der Waals surface area contributed by atoms with E-state index >= 15 is 0 Å². The number of aromatic nitrogens is 2. The number of rotatable bonds is 5. The van der Waals surface area contributed by atoms with Crippen molar-refractivity contribution in [1.82, 2.24) is 15.1 Å². The minimum atomic E-state index is -0.458. The highest BCUT2D eigenvalue weighted by atomic mass is 16.2. The first kappa shape index (κ1) is 15.2. The summed E-state index contributed by atoms with van der Waals surface area (Å²) in [5, 5.41) is 9.57. The van der Waals surface area contributed by atoms with Gasteiger partial charge in [-0.25, -0.2) is 0 Å². The number of nitrogens with zero attached hydrogens (tertiary/aromatic N) is 2. The second-order valence-electron chi connectivity index (χ2n) is 5.48. The summed E-state index contributed by atoms with van der Waals surface area (Å²) in [6, 6.07) is 0. The van der Waals surface area contributed by atoms with Crippen LogP contribution >= 0.6 is 0 Å². The molecule has 19 heavy (non-hydrogen) atoms. The minimum Gasteiger partial charge on any atom is -0.355 e. The third kappa shape index (κ3) is 5.11. The van der Waals surface area contributed by atoms with Gasteiger partial charge in [0.15, 0.2) is 0 Å². The SMILES string of the molecule is CCCNC(=O)Cn1cc(NC(=O)C(C)(C)C)cn1. The van der Waals surface area contributed by atoms with Crippen molar-refractivity contribution in [3.05, 3.63) is 12.4 Å². The Balaban J connectivity index is 2.53. The van der Waals surface area contributed by atoms with Gasteiger partial charge in [-0.2, -0.15) is 5.10 Å². The van der Waals surface area contributed by atoms with E-state index in [1.54, 1.807) is 6.20 Å². The van der Waals surface area contributed by atoms with E-state index in [1.165, 1.54) is 10.9 Å². The first-order valence-electron chi connectivity index (χ1n) is 6.43. The lowest BCUT2D eigenvalue weighted by Gasteiger charge is -2.16. The number of hydrogen-bond acceptors (Lipinski definition) is 3. The van der Waals surface area contributed by atoms with Gasteiger partial charge in [-0.3, -0.25) is 14.3 Å². The van der Waals surface area contributed by atoms with Gasteiger partial charge in [-0.15, -0.1) is 0 Å². The summed E-state index contributed by atoms with van der Waals surface area (Å²) in [7, 11) is 0. The van der Waals surface area contributed by atoms with Crippen LogP contribution in [-0.4, -0.2) is 28.1 Å². The molecule has 0 bridgehead atoms. The van der Waals surface area contributed by atoms with Gasteiger partial charge in [0.05, 0.1) is 11.9 Å². The van der Waals surface area contributed by atoms with Gasteiger partial charge in [0.2, 0.25) is 11.8 Å². The van der Waals surface area contributed by atoms with Gasteiger partial charge in [0.25, 0.3) is 0 Å². The van der Waals surface area contributed by atoms with Crippen LogP contribution in [0.5, 0.6) is 0 Å². The molecule has 0 radical (unpaired) electrons. The van der Waals surface area contributed by atoms with Crippen molar-refractivity contribution in [3.8, 4) is 0 Å². The van der Waals surface area contributed by atoms with Gasteiger partial charge >= 0.3 is 0 Å². The smallest absolute Gasteiger partial charge is 0.241 e. The molecule has 0 fully saturated rings. The fourth-order valence-corrected chi connectivity index (χ4v) is 1.30. The van der Waals surface area contributed by atoms with Crippen molar-refractivity contribution in [2.75, 3.05) is 11.9 Å². The molecule has 1 rings (SSSR count). The predicted molar refractivity (Wildman–Crippen MR) is 73.6 cm³/mol. The first-order valence-corrected chi connectivity index (χ1v) is 6.43. The molecule has 0 unspecified atom stereocenters. The van der Waals surface area contributed by atoms with E-state index in [1.807, 2.05) is 27.7 Å². The number of hydrogen-bond donors (Lipinski definition) is 2. The number of carbonyl (C=O) groups excluding carboxylic acids is 2. The lowest BCUT2D eigenvalue weighted by atomic mass is 9.96. The zero-order valence-corrected chi connectivity index (χ0v) is 12.0. The lowest BCUT2D eigenvalue weighted by molar-refractivity contribution is -0.123. The van der Waals surface area contributed by atoms with E-state index in [4.69, 9.17) is 0 Å². The third-order valence-electron chi connectivity index (χ3n) is 2.45. The number of nitrogens with one attached hydrogen (secondary N) is 2. The van der Waals surface area contributed by atoms with E-state index in [0.717, 1.165) is 6.42 Å². The van der Waals surface area contributed by atoms with Gasteiger partial charge in [-0.05, 0) is 6.42 Å². The summed E-state index contributed by atoms with van der Waals surface area (Å²) in [5.41, 5.74) is 0.142. The second-order valence-corrected chi connectivity index (χ2v) is 5.48. The monoisotopic (exact) mass is 266 g/mol. The third-order valence-corrected chi connectivity index (χ3v) is 2.45. The Morgan fingerprint density at radius 3 is 2.63 bits per heavy atom. The number of amides is 2. The molecule has 106 valence electrons. The quantitative estimate of drug-likeness (QED) is 0.845. The normalized spacial score (nSPS) is 11.2. The molecule has 1 aromatic heterocycles. The van der Waals surface area contributed by atoms with Crippen LogP contribution in [0.25, 0.3) is 0 Å². The molecule has 0 spiro atoms. The Kier molecular flexibility index (Phi) is 5.09. The average Bonchev–Trinajstić information content (AvgIpc) is 2.72. The molecule has 2 N–H and O–H groups in total. The van der Waals surface area contributed by atoms with Crippen LogP contribution in [0.15, 0.2) is 12.4 Å². The summed E-state index contributed by atoms with van der Waals surface area (Å²) in [5.74, 6) is -0.166. The van der Waals surface area contributed by atoms with Gasteiger partial charge in [0, 0.05) is 18.2 Å². The average molecular weight is 266 g/mol. The van der Waals surface area contributed by atoms with Crippen molar-refractivity contribution >= 4 is 17.5 Å². The maximum Gasteiger partial charge on any atom is 0.241 e. The van der Waals surface area contributed by atoms with E-state index in [0.29, 0.717) is 12.2 Å². The Morgan fingerprint density at radius 2 is 2.05 bits per heavy atom. The van der Waals surface area contributed by atoms with Crippen LogP contribution in [0.4, 0.5) is 5.69 Å². The molecule has 0 aliphatic rings. The van der Waals surface area contributed by atoms with Crippen LogP contribution in [-0.2, 0) is 16.1 Å². The molecule has 6 nitrogen and oxygen atoms in total. The summed E-state index contributed by atoms with van der Waals surface area (Å²) < 4.78 is 1.50. The van der Waals surface area contributed by atoms with Gasteiger partial charge in [0.1, 0.15) is 6.54 Å². The summed E-state index contributed by atoms with van der Waals surface area (Å²) in [6.07, 6.45) is 4.09. The maximum absolute atomic E-state index is 11.8. The van der Waals surface area contributed by atoms with Crippen LogP contribution in [0.3, 0.4) is 0 Å². The van der Waals surface area contributed by atoms with Crippen LogP contribution in [0.1, 0.15) is 34.1 Å². The Labute approximate surface area is 113 Å². The van der Waals surface area contributed by atoms with Crippen LogP contribution in [0, 0.1) is 5.41 Å². The second kappa shape index (κ2) is 6.36. The Hall–Kier alpha value is -1.85. The van der Waals surface area contributed by atoms with Gasteiger partial charge in [-0.1, -0.05) is 27.7 Å². The van der Waals surface area contributed by atoms with Crippen molar-refractivity contribution in [2.45, 2.75) is 40.7 Å². The Morgan fingerprint density at radius 1 is 1.37 bits per heavy atom. The highest BCUT2D eigenvalue weighted by Gasteiger charge is 2.21. The molecule has 0 aliphatic carbocycles. The van der Waals surface area contributed by atoms with Crippen molar-refractivity contribution in [3.63, 3.8) is 0 Å². The molecule has 6 heteroatoms. The maximum atomic E-state index is 11.8. The lowest BCUT2D eigenvalue weighted by Crippen LogP contribution is -2.28. The molecule has 0 atom stereocenters. The van der Waals surface area contributed by atoms with Crippen LogP contribution in [0.2, 0.25) is 0 Å². The highest BCUT2D eigenvalue weighted by molar-refractivity contribution is 5.94. The molecule has 0 saturated heterocycles. The number of carbonyl (C=O) groups is 2. The summed E-state index contributed by atoms with van der Waals surface area (Å²) in [4.78, 5) is 23.3. The first-order chi connectivity index (χ1) is 8.82. The highest BCUT2D eigenvalue weighted by Crippen LogP contribution is 2.16. The fourth-order valence-electron chi connectivity index (χ4n) is 1.30.